The maximum atomic E-state index is 9.98. The van der Waals surface area contributed by atoms with Gasteiger partial charge in [-0.25, -0.2) is 0 Å². The van der Waals surface area contributed by atoms with Crippen molar-refractivity contribution in [3.63, 3.8) is 0 Å². The summed E-state index contributed by atoms with van der Waals surface area (Å²) < 4.78 is 0. The molecule has 0 saturated heterocycles. The molecule has 1 atom stereocenters. The summed E-state index contributed by atoms with van der Waals surface area (Å²) in [6, 6.07) is 3.19. The van der Waals surface area contributed by atoms with Gasteiger partial charge in [-0.2, -0.15) is 0 Å². The Labute approximate surface area is 112 Å². The van der Waals surface area contributed by atoms with E-state index in [-0.39, 0.29) is 23.5 Å². The predicted octanol–water partition coefficient (Wildman–Crippen LogP) is 0.338. The quantitative estimate of drug-likeness (QED) is 0.305. The van der Waals surface area contributed by atoms with Crippen LogP contribution in [0.2, 0.25) is 0 Å². The molecule has 0 fully saturated rings. The Kier molecular flexibility index (Phi) is 4.11. The highest BCUT2D eigenvalue weighted by molar-refractivity contribution is 5.75. The molecule has 1 aliphatic heterocycles. The SMILES string of the molecule is NC(N)=NCCCC1NCCc2cc(O)cc(O)c21. The maximum absolute atomic E-state index is 9.98. The molecule has 19 heavy (non-hydrogen) atoms. The molecule has 0 spiro atoms. The van der Waals surface area contributed by atoms with E-state index < -0.39 is 0 Å². The minimum Gasteiger partial charge on any atom is -0.508 e. The van der Waals surface area contributed by atoms with E-state index in [0.717, 1.165) is 36.9 Å². The zero-order chi connectivity index (χ0) is 13.8. The fourth-order valence-corrected chi connectivity index (χ4v) is 2.52. The van der Waals surface area contributed by atoms with Crippen molar-refractivity contribution in [2.24, 2.45) is 16.5 Å². The molecule has 1 unspecified atom stereocenters. The molecule has 0 radical (unpaired) electrons. The molecule has 0 amide bonds. The molecule has 6 heteroatoms. The number of hydrogen-bond acceptors (Lipinski definition) is 4. The predicted molar refractivity (Wildman–Crippen MR) is 74.1 cm³/mol. The van der Waals surface area contributed by atoms with Crippen LogP contribution < -0.4 is 16.8 Å². The number of aliphatic imine (C=N–C) groups is 1. The number of aromatic hydroxyl groups is 2. The number of benzene rings is 1. The molecule has 1 aromatic carbocycles. The van der Waals surface area contributed by atoms with Crippen LogP contribution in [0.1, 0.15) is 30.0 Å². The molecule has 7 N–H and O–H groups in total. The smallest absolute Gasteiger partial charge is 0.185 e. The van der Waals surface area contributed by atoms with Crippen molar-refractivity contribution in [1.29, 1.82) is 0 Å². The highest BCUT2D eigenvalue weighted by Crippen LogP contribution is 2.36. The Morgan fingerprint density at radius 2 is 2.16 bits per heavy atom. The fourth-order valence-electron chi connectivity index (χ4n) is 2.52. The van der Waals surface area contributed by atoms with Crippen molar-refractivity contribution in [2.75, 3.05) is 13.1 Å². The summed E-state index contributed by atoms with van der Waals surface area (Å²) in [6.45, 7) is 1.41. The Hall–Kier alpha value is -1.95. The van der Waals surface area contributed by atoms with Gasteiger partial charge in [-0.1, -0.05) is 0 Å². The number of nitrogens with two attached hydrogens (primary N) is 2. The van der Waals surface area contributed by atoms with Crippen LogP contribution in [0.3, 0.4) is 0 Å². The Balaban J connectivity index is 2.07. The van der Waals surface area contributed by atoms with E-state index in [4.69, 9.17) is 11.5 Å². The molecule has 0 aliphatic carbocycles. The van der Waals surface area contributed by atoms with Gasteiger partial charge in [-0.05, 0) is 37.4 Å². The molecule has 1 aromatic rings. The van der Waals surface area contributed by atoms with Crippen LogP contribution in [0.15, 0.2) is 17.1 Å². The first-order valence-electron chi connectivity index (χ1n) is 6.41. The van der Waals surface area contributed by atoms with Gasteiger partial charge in [-0.3, -0.25) is 4.99 Å². The van der Waals surface area contributed by atoms with E-state index in [9.17, 15) is 10.2 Å². The lowest BCUT2D eigenvalue weighted by Crippen LogP contribution is -2.30. The molecule has 1 heterocycles. The number of nitrogens with one attached hydrogen (secondary N) is 1. The van der Waals surface area contributed by atoms with E-state index in [1.54, 1.807) is 6.07 Å². The highest BCUT2D eigenvalue weighted by Gasteiger charge is 2.23. The van der Waals surface area contributed by atoms with E-state index in [1.807, 2.05) is 0 Å². The molecule has 1 aliphatic rings. The van der Waals surface area contributed by atoms with Gasteiger partial charge >= 0.3 is 0 Å². The Morgan fingerprint density at radius 1 is 1.37 bits per heavy atom. The number of hydrogen-bond donors (Lipinski definition) is 5. The summed E-state index contributed by atoms with van der Waals surface area (Å²) in [5, 5.41) is 22.9. The number of fused-ring (bicyclic) bond motifs is 1. The summed E-state index contributed by atoms with van der Waals surface area (Å²) in [4.78, 5) is 3.94. The number of nitrogens with zero attached hydrogens (tertiary/aromatic N) is 1. The summed E-state index contributed by atoms with van der Waals surface area (Å²) in [6.07, 6.45) is 2.47. The average molecular weight is 264 g/mol. The topological polar surface area (TPSA) is 117 Å². The minimum atomic E-state index is 0.0820. The zero-order valence-electron chi connectivity index (χ0n) is 10.8. The third-order valence-electron chi connectivity index (χ3n) is 3.31. The fraction of sp³-hybridized carbons (Fsp3) is 0.462. The largest absolute Gasteiger partial charge is 0.508 e. The van der Waals surface area contributed by atoms with Gasteiger partial charge in [-0.15, -0.1) is 0 Å². The van der Waals surface area contributed by atoms with E-state index in [0.29, 0.717) is 6.54 Å². The van der Waals surface area contributed by atoms with Crippen LogP contribution in [-0.2, 0) is 6.42 Å². The number of rotatable bonds is 4. The molecule has 104 valence electrons. The second-order valence-corrected chi connectivity index (χ2v) is 4.74. The summed E-state index contributed by atoms with van der Waals surface area (Å²) in [7, 11) is 0. The van der Waals surface area contributed by atoms with E-state index in [2.05, 4.69) is 10.3 Å². The lowest BCUT2D eigenvalue weighted by molar-refractivity contribution is 0.407. The Morgan fingerprint density at radius 3 is 2.89 bits per heavy atom. The first kappa shape index (κ1) is 13.5. The lowest BCUT2D eigenvalue weighted by Gasteiger charge is -2.27. The second kappa shape index (κ2) is 5.79. The zero-order valence-corrected chi connectivity index (χ0v) is 10.8. The van der Waals surface area contributed by atoms with Gasteiger partial charge in [0, 0.05) is 24.2 Å². The molecule has 0 aromatic heterocycles. The molecule has 6 nitrogen and oxygen atoms in total. The Bertz CT molecular complexity index is 484. The van der Waals surface area contributed by atoms with Gasteiger partial charge < -0.3 is 27.0 Å². The van der Waals surface area contributed by atoms with Gasteiger partial charge in [0.1, 0.15) is 11.5 Å². The highest BCUT2D eigenvalue weighted by atomic mass is 16.3. The summed E-state index contributed by atoms with van der Waals surface area (Å²) in [5.74, 6) is 0.358. The van der Waals surface area contributed by atoms with Crippen LogP contribution in [0.4, 0.5) is 0 Å². The van der Waals surface area contributed by atoms with Crippen molar-refractivity contribution in [3.8, 4) is 11.5 Å². The second-order valence-electron chi connectivity index (χ2n) is 4.74. The first-order chi connectivity index (χ1) is 9.08. The summed E-state index contributed by atoms with van der Waals surface area (Å²) >= 11 is 0. The lowest BCUT2D eigenvalue weighted by atomic mass is 9.90. The van der Waals surface area contributed by atoms with Gasteiger partial charge in [0.2, 0.25) is 0 Å². The molecule has 2 rings (SSSR count). The van der Waals surface area contributed by atoms with Crippen molar-refractivity contribution in [3.05, 3.63) is 23.3 Å². The van der Waals surface area contributed by atoms with Crippen LogP contribution in [-0.4, -0.2) is 29.3 Å². The van der Waals surface area contributed by atoms with Gasteiger partial charge in [0.05, 0.1) is 0 Å². The van der Waals surface area contributed by atoms with E-state index in [1.165, 1.54) is 6.07 Å². The summed E-state index contributed by atoms with van der Waals surface area (Å²) in [5.41, 5.74) is 12.4. The van der Waals surface area contributed by atoms with E-state index >= 15 is 0 Å². The maximum Gasteiger partial charge on any atom is 0.185 e. The van der Waals surface area contributed by atoms with Crippen LogP contribution in [0.5, 0.6) is 11.5 Å². The molecular weight excluding hydrogens is 244 g/mol. The van der Waals surface area contributed by atoms with Crippen molar-refractivity contribution in [2.45, 2.75) is 25.3 Å². The number of phenolic OH excluding ortho intramolecular Hbond substituents is 2. The van der Waals surface area contributed by atoms with Crippen molar-refractivity contribution in [1.82, 2.24) is 5.32 Å². The third kappa shape index (κ3) is 3.29. The molecule has 0 saturated carbocycles. The van der Waals surface area contributed by atoms with Gasteiger partial charge in [0.25, 0.3) is 0 Å². The van der Waals surface area contributed by atoms with Crippen molar-refractivity contribution >= 4 is 5.96 Å². The van der Waals surface area contributed by atoms with Crippen LogP contribution in [0.25, 0.3) is 0 Å². The average Bonchev–Trinajstić information content (AvgIpc) is 2.33. The third-order valence-corrected chi connectivity index (χ3v) is 3.31. The van der Waals surface area contributed by atoms with Crippen LogP contribution >= 0.6 is 0 Å². The first-order valence-corrected chi connectivity index (χ1v) is 6.41. The van der Waals surface area contributed by atoms with Crippen molar-refractivity contribution < 1.29 is 10.2 Å². The monoisotopic (exact) mass is 264 g/mol. The molecular formula is C13H20N4O2. The minimum absolute atomic E-state index is 0.0820. The normalized spacial score (nSPS) is 17.8. The van der Waals surface area contributed by atoms with Crippen LogP contribution in [0, 0.1) is 0 Å². The molecule has 0 bridgehead atoms. The van der Waals surface area contributed by atoms with Gasteiger partial charge in [0.15, 0.2) is 5.96 Å². The standard InChI is InChI=1S/C13H20N4O2/c14-13(15)17-4-1-2-10-12-8(3-5-16-10)6-9(18)7-11(12)19/h6-7,10,16,18-19H,1-5H2,(H4,14,15,17). The number of phenols is 2. The number of guanidine groups is 1.